The first-order valence-electron chi connectivity index (χ1n) is 5.38. The van der Waals surface area contributed by atoms with Crippen molar-refractivity contribution in [2.75, 3.05) is 13.9 Å². The molecule has 0 N–H and O–H groups in total. The molecule has 2 heterocycles. The number of methoxy groups -OCH3 is 1. The van der Waals surface area contributed by atoms with Crippen LogP contribution < -0.4 is 14.2 Å². The fourth-order valence-corrected chi connectivity index (χ4v) is 2.02. The lowest BCUT2D eigenvalue weighted by Crippen LogP contribution is -1.92. The van der Waals surface area contributed by atoms with Gasteiger partial charge in [0, 0.05) is 6.07 Å². The van der Waals surface area contributed by atoms with Gasteiger partial charge in [0.1, 0.15) is 5.15 Å². The van der Waals surface area contributed by atoms with Crippen molar-refractivity contribution >= 4 is 11.6 Å². The topological polar surface area (TPSA) is 40.6 Å². The SMILES string of the molecule is COc1cc(-c2ccc3c(c2)OCO3)cc(Cl)n1. The van der Waals surface area contributed by atoms with Gasteiger partial charge in [0.15, 0.2) is 11.5 Å². The lowest BCUT2D eigenvalue weighted by molar-refractivity contribution is 0.174. The molecule has 5 heteroatoms. The van der Waals surface area contributed by atoms with Crippen LogP contribution in [0.15, 0.2) is 30.3 Å². The minimum Gasteiger partial charge on any atom is -0.481 e. The van der Waals surface area contributed by atoms with E-state index in [1.165, 1.54) is 0 Å². The second-order valence-electron chi connectivity index (χ2n) is 3.79. The molecular weight excluding hydrogens is 254 g/mol. The van der Waals surface area contributed by atoms with Crippen molar-refractivity contribution in [1.29, 1.82) is 0 Å². The maximum atomic E-state index is 5.95. The fourth-order valence-electron chi connectivity index (χ4n) is 1.82. The Morgan fingerprint density at radius 3 is 2.78 bits per heavy atom. The number of fused-ring (bicyclic) bond motifs is 1. The number of hydrogen-bond acceptors (Lipinski definition) is 4. The Balaban J connectivity index is 2.06. The number of benzene rings is 1. The van der Waals surface area contributed by atoms with E-state index in [4.69, 9.17) is 25.8 Å². The van der Waals surface area contributed by atoms with E-state index in [1.807, 2.05) is 24.3 Å². The van der Waals surface area contributed by atoms with E-state index in [2.05, 4.69) is 4.98 Å². The molecule has 0 aliphatic carbocycles. The Morgan fingerprint density at radius 2 is 1.94 bits per heavy atom. The summed E-state index contributed by atoms with van der Waals surface area (Å²) in [4.78, 5) is 4.04. The van der Waals surface area contributed by atoms with Gasteiger partial charge in [-0.25, -0.2) is 4.98 Å². The Labute approximate surface area is 109 Å². The zero-order valence-corrected chi connectivity index (χ0v) is 10.4. The number of nitrogens with zero attached hydrogens (tertiary/aromatic N) is 1. The molecule has 4 nitrogen and oxygen atoms in total. The highest BCUT2D eigenvalue weighted by Crippen LogP contribution is 2.36. The van der Waals surface area contributed by atoms with Crippen molar-refractivity contribution in [3.05, 3.63) is 35.5 Å². The number of ether oxygens (including phenoxy) is 3. The van der Waals surface area contributed by atoms with Crippen LogP contribution in [0.4, 0.5) is 0 Å². The zero-order chi connectivity index (χ0) is 12.5. The molecule has 1 aromatic carbocycles. The maximum Gasteiger partial charge on any atom is 0.231 e. The van der Waals surface area contributed by atoms with Crippen LogP contribution >= 0.6 is 11.6 Å². The highest BCUT2D eigenvalue weighted by molar-refractivity contribution is 6.29. The second kappa shape index (κ2) is 4.38. The molecule has 3 rings (SSSR count). The molecule has 18 heavy (non-hydrogen) atoms. The predicted molar refractivity (Wildman–Crippen MR) is 67.4 cm³/mol. The molecule has 0 unspecified atom stereocenters. The second-order valence-corrected chi connectivity index (χ2v) is 4.18. The summed E-state index contributed by atoms with van der Waals surface area (Å²) in [5.74, 6) is 1.97. The van der Waals surface area contributed by atoms with Gasteiger partial charge >= 0.3 is 0 Å². The molecule has 0 saturated carbocycles. The number of rotatable bonds is 2. The molecule has 0 bridgehead atoms. The molecule has 1 aliphatic heterocycles. The normalized spacial score (nSPS) is 12.6. The average Bonchev–Trinajstić information content (AvgIpc) is 2.85. The third-order valence-electron chi connectivity index (χ3n) is 2.69. The largest absolute Gasteiger partial charge is 0.481 e. The van der Waals surface area contributed by atoms with Crippen LogP contribution in [0.3, 0.4) is 0 Å². The molecular formula is C13H10ClNO3. The summed E-state index contributed by atoms with van der Waals surface area (Å²) in [6.45, 7) is 0.263. The van der Waals surface area contributed by atoms with Crippen LogP contribution in [0.25, 0.3) is 11.1 Å². The van der Waals surface area contributed by atoms with Crippen molar-refractivity contribution in [1.82, 2.24) is 4.98 Å². The number of halogens is 1. The van der Waals surface area contributed by atoms with Crippen LogP contribution in [-0.2, 0) is 0 Å². The third-order valence-corrected chi connectivity index (χ3v) is 2.88. The number of aromatic nitrogens is 1. The van der Waals surface area contributed by atoms with Crippen molar-refractivity contribution in [3.8, 4) is 28.5 Å². The van der Waals surface area contributed by atoms with Gasteiger partial charge in [0.05, 0.1) is 7.11 Å². The Bertz CT molecular complexity index is 601. The standard InChI is InChI=1S/C13H10ClNO3/c1-16-13-6-9(5-12(14)15-13)8-2-3-10-11(4-8)18-7-17-10/h2-6H,7H2,1H3. The lowest BCUT2D eigenvalue weighted by atomic mass is 10.1. The van der Waals surface area contributed by atoms with Crippen LogP contribution in [0, 0.1) is 0 Å². The quantitative estimate of drug-likeness (QED) is 0.781. The molecule has 0 fully saturated rings. The fraction of sp³-hybridized carbons (Fsp3) is 0.154. The number of pyridine rings is 1. The van der Waals surface area contributed by atoms with Crippen molar-refractivity contribution in [2.45, 2.75) is 0 Å². The van der Waals surface area contributed by atoms with Gasteiger partial charge in [-0.1, -0.05) is 17.7 Å². The maximum absolute atomic E-state index is 5.95. The summed E-state index contributed by atoms with van der Waals surface area (Å²) in [7, 11) is 1.56. The first kappa shape index (κ1) is 11.2. The highest BCUT2D eigenvalue weighted by Gasteiger charge is 2.14. The van der Waals surface area contributed by atoms with Gasteiger partial charge in [0.2, 0.25) is 12.7 Å². The molecule has 92 valence electrons. The Hall–Kier alpha value is -1.94. The first-order valence-corrected chi connectivity index (χ1v) is 5.75. The van der Waals surface area contributed by atoms with E-state index in [-0.39, 0.29) is 6.79 Å². The highest BCUT2D eigenvalue weighted by atomic mass is 35.5. The molecule has 0 spiro atoms. The summed E-state index contributed by atoms with van der Waals surface area (Å²) in [5.41, 5.74) is 1.90. The molecule has 1 aromatic heterocycles. The van der Waals surface area contributed by atoms with Gasteiger partial charge in [-0.15, -0.1) is 0 Å². The van der Waals surface area contributed by atoms with E-state index in [0.29, 0.717) is 11.0 Å². The van der Waals surface area contributed by atoms with Crippen molar-refractivity contribution < 1.29 is 14.2 Å². The molecule has 0 radical (unpaired) electrons. The van der Waals surface area contributed by atoms with Gasteiger partial charge in [0.25, 0.3) is 0 Å². The molecule has 2 aromatic rings. The Morgan fingerprint density at radius 1 is 1.11 bits per heavy atom. The minimum absolute atomic E-state index is 0.263. The molecule has 0 atom stereocenters. The minimum atomic E-state index is 0.263. The summed E-state index contributed by atoms with van der Waals surface area (Å²) in [6.07, 6.45) is 0. The van der Waals surface area contributed by atoms with Crippen molar-refractivity contribution in [2.24, 2.45) is 0 Å². The van der Waals surface area contributed by atoms with Gasteiger partial charge < -0.3 is 14.2 Å². The molecule has 0 saturated heterocycles. The van der Waals surface area contributed by atoms with E-state index in [0.717, 1.165) is 22.6 Å². The smallest absolute Gasteiger partial charge is 0.231 e. The molecule has 1 aliphatic rings. The zero-order valence-electron chi connectivity index (χ0n) is 9.64. The monoisotopic (exact) mass is 263 g/mol. The average molecular weight is 264 g/mol. The summed E-state index contributed by atoms with van der Waals surface area (Å²) in [6, 6.07) is 9.33. The van der Waals surface area contributed by atoms with Crippen LogP contribution in [0.1, 0.15) is 0 Å². The van der Waals surface area contributed by atoms with E-state index < -0.39 is 0 Å². The summed E-state index contributed by atoms with van der Waals surface area (Å²) < 4.78 is 15.7. The van der Waals surface area contributed by atoms with Crippen molar-refractivity contribution in [3.63, 3.8) is 0 Å². The molecule has 0 amide bonds. The summed E-state index contributed by atoms with van der Waals surface area (Å²) in [5, 5.41) is 0.391. The number of hydrogen-bond donors (Lipinski definition) is 0. The van der Waals surface area contributed by atoms with E-state index in [9.17, 15) is 0 Å². The first-order chi connectivity index (χ1) is 8.76. The van der Waals surface area contributed by atoms with Crippen LogP contribution in [-0.4, -0.2) is 18.9 Å². The van der Waals surface area contributed by atoms with Crippen LogP contribution in [0.5, 0.6) is 17.4 Å². The van der Waals surface area contributed by atoms with E-state index in [1.54, 1.807) is 13.2 Å². The van der Waals surface area contributed by atoms with Gasteiger partial charge in [-0.3, -0.25) is 0 Å². The third kappa shape index (κ3) is 1.95. The van der Waals surface area contributed by atoms with Gasteiger partial charge in [-0.2, -0.15) is 0 Å². The van der Waals surface area contributed by atoms with Gasteiger partial charge in [-0.05, 0) is 29.3 Å². The van der Waals surface area contributed by atoms with Crippen LogP contribution in [0.2, 0.25) is 5.15 Å². The predicted octanol–water partition coefficient (Wildman–Crippen LogP) is 3.14. The lowest BCUT2D eigenvalue weighted by Gasteiger charge is -2.06. The summed E-state index contributed by atoms with van der Waals surface area (Å²) >= 11 is 5.95. The van der Waals surface area contributed by atoms with E-state index >= 15 is 0 Å². The Kier molecular flexibility index (Phi) is 2.72.